The third-order valence-corrected chi connectivity index (χ3v) is 6.35. The predicted octanol–water partition coefficient (Wildman–Crippen LogP) is 4.78. The highest BCUT2D eigenvalue weighted by Crippen LogP contribution is 2.43. The lowest BCUT2D eigenvalue weighted by Gasteiger charge is -2.26. The molecule has 32 heavy (non-hydrogen) atoms. The molecule has 0 saturated carbocycles. The van der Waals surface area contributed by atoms with E-state index in [4.69, 9.17) is 4.74 Å². The Bertz CT molecular complexity index is 1220. The largest absolute Gasteiger partial charge is 0.507 e. The maximum Gasteiger partial charge on any atom is 0.296 e. The van der Waals surface area contributed by atoms with Crippen LogP contribution in [-0.2, 0) is 16.1 Å². The van der Waals surface area contributed by atoms with Gasteiger partial charge in [-0.2, -0.15) is 0 Å². The normalized spacial score (nSPS) is 17.6. The van der Waals surface area contributed by atoms with Gasteiger partial charge in [-0.25, -0.2) is 0 Å². The van der Waals surface area contributed by atoms with E-state index in [9.17, 15) is 14.7 Å². The van der Waals surface area contributed by atoms with Gasteiger partial charge in [-0.05, 0) is 42.8 Å². The van der Waals surface area contributed by atoms with Crippen molar-refractivity contribution in [3.05, 3.63) is 99.3 Å². The van der Waals surface area contributed by atoms with Crippen LogP contribution in [0.5, 0.6) is 5.75 Å². The second kappa shape index (κ2) is 8.96. The van der Waals surface area contributed by atoms with Crippen molar-refractivity contribution in [2.24, 2.45) is 0 Å². The van der Waals surface area contributed by atoms with Crippen molar-refractivity contribution in [3.63, 3.8) is 0 Å². The quantitative estimate of drug-likeness (QED) is 0.314. The fraction of sp³-hybridized carbons (Fsp3) is 0.160. The van der Waals surface area contributed by atoms with Crippen LogP contribution in [0.3, 0.4) is 0 Å². The van der Waals surface area contributed by atoms with E-state index < -0.39 is 17.7 Å². The molecule has 0 aliphatic carbocycles. The van der Waals surface area contributed by atoms with Crippen molar-refractivity contribution in [1.82, 2.24) is 9.88 Å². The molecule has 4 rings (SSSR count). The number of nitrogens with zero attached hydrogens (tertiary/aromatic N) is 2. The van der Waals surface area contributed by atoms with Gasteiger partial charge in [-0.1, -0.05) is 46.3 Å². The summed E-state index contributed by atoms with van der Waals surface area (Å²) >= 11 is 3.45. The van der Waals surface area contributed by atoms with E-state index >= 15 is 0 Å². The van der Waals surface area contributed by atoms with Gasteiger partial charge >= 0.3 is 0 Å². The second-order valence-electron chi connectivity index (χ2n) is 7.45. The number of aryl methyl sites for hydroxylation is 1. The number of methoxy groups -OCH3 is 1. The highest BCUT2D eigenvalue weighted by molar-refractivity contribution is 9.10. The first-order valence-corrected chi connectivity index (χ1v) is 10.8. The standard InChI is InChI=1S/C25H21BrN2O4/c1-15-13-16(10-11-19(15)26)23(29)21-22(18-8-3-4-9-20(18)32-2)28(25(31)24(21)30)14-17-7-5-6-12-27-17/h3-13,22,29H,14H2,1-2H3/b23-21+. The van der Waals surface area contributed by atoms with Crippen molar-refractivity contribution in [1.29, 1.82) is 0 Å². The second-order valence-corrected chi connectivity index (χ2v) is 8.31. The first-order chi connectivity index (χ1) is 15.4. The topological polar surface area (TPSA) is 79.7 Å². The number of halogens is 1. The molecule has 0 radical (unpaired) electrons. The van der Waals surface area contributed by atoms with Crippen LogP contribution in [0.1, 0.15) is 28.4 Å². The Hall–Kier alpha value is -3.45. The third-order valence-electron chi connectivity index (χ3n) is 5.46. The van der Waals surface area contributed by atoms with Gasteiger partial charge in [0.15, 0.2) is 0 Å². The van der Waals surface area contributed by atoms with Crippen LogP contribution in [0.15, 0.2) is 76.9 Å². The van der Waals surface area contributed by atoms with E-state index in [0.717, 1.165) is 10.0 Å². The minimum Gasteiger partial charge on any atom is -0.507 e. The number of Topliss-reactive ketones (excluding diaryl/α,β-unsaturated/α-hetero) is 1. The molecule has 7 heteroatoms. The number of rotatable bonds is 5. The van der Waals surface area contributed by atoms with Crippen LogP contribution < -0.4 is 4.74 Å². The van der Waals surface area contributed by atoms with Gasteiger partial charge in [0, 0.05) is 21.8 Å². The molecule has 1 aromatic heterocycles. The number of ether oxygens (including phenoxy) is 1. The van der Waals surface area contributed by atoms with Crippen molar-refractivity contribution < 1.29 is 19.4 Å². The van der Waals surface area contributed by atoms with Crippen LogP contribution in [-0.4, -0.2) is 33.8 Å². The number of ketones is 1. The zero-order chi connectivity index (χ0) is 22.8. The number of aromatic nitrogens is 1. The number of carbonyl (C=O) groups is 2. The van der Waals surface area contributed by atoms with Gasteiger partial charge in [-0.15, -0.1) is 0 Å². The fourth-order valence-corrected chi connectivity index (χ4v) is 4.12. The summed E-state index contributed by atoms with van der Waals surface area (Å²) in [6, 6.07) is 17.0. The summed E-state index contributed by atoms with van der Waals surface area (Å²) in [5.74, 6) is -1.14. The molecule has 162 valence electrons. The van der Waals surface area contributed by atoms with E-state index in [2.05, 4.69) is 20.9 Å². The third kappa shape index (κ3) is 3.91. The summed E-state index contributed by atoms with van der Waals surface area (Å²) < 4.78 is 6.40. The molecule has 1 fully saturated rings. The molecule has 1 atom stereocenters. The summed E-state index contributed by atoms with van der Waals surface area (Å²) in [5.41, 5.74) is 2.62. The van der Waals surface area contributed by atoms with Gasteiger partial charge in [-0.3, -0.25) is 14.6 Å². The Morgan fingerprint density at radius 1 is 1.12 bits per heavy atom. The van der Waals surface area contributed by atoms with E-state index in [1.165, 1.54) is 12.0 Å². The lowest BCUT2D eigenvalue weighted by Crippen LogP contribution is -2.29. The average molecular weight is 493 g/mol. The van der Waals surface area contributed by atoms with E-state index in [1.807, 2.05) is 25.1 Å². The van der Waals surface area contributed by atoms with Gasteiger partial charge in [0.05, 0.1) is 31.0 Å². The first-order valence-electron chi connectivity index (χ1n) is 10.00. The predicted molar refractivity (Wildman–Crippen MR) is 124 cm³/mol. The van der Waals surface area contributed by atoms with Gasteiger partial charge in [0.1, 0.15) is 11.5 Å². The smallest absolute Gasteiger partial charge is 0.296 e. The molecule has 6 nitrogen and oxygen atoms in total. The van der Waals surface area contributed by atoms with Crippen LogP contribution in [0.4, 0.5) is 0 Å². The molecule has 1 amide bonds. The zero-order valence-corrected chi connectivity index (χ0v) is 19.2. The maximum atomic E-state index is 13.2. The molecular formula is C25H21BrN2O4. The molecule has 1 unspecified atom stereocenters. The Balaban J connectivity index is 1.91. The Morgan fingerprint density at radius 2 is 1.88 bits per heavy atom. The highest BCUT2D eigenvalue weighted by atomic mass is 79.9. The van der Waals surface area contributed by atoms with Gasteiger partial charge in [0.2, 0.25) is 0 Å². The molecule has 2 aromatic carbocycles. The van der Waals surface area contributed by atoms with Crippen molar-refractivity contribution in [2.75, 3.05) is 7.11 Å². The number of hydrogen-bond acceptors (Lipinski definition) is 5. The molecule has 1 N–H and O–H groups in total. The minimum absolute atomic E-state index is 0.0251. The van der Waals surface area contributed by atoms with Gasteiger partial charge in [0.25, 0.3) is 11.7 Å². The summed E-state index contributed by atoms with van der Waals surface area (Å²) in [5, 5.41) is 11.2. The Labute approximate surface area is 194 Å². The van der Waals surface area contributed by atoms with Gasteiger partial charge < -0.3 is 14.7 Å². The summed E-state index contributed by atoms with van der Waals surface area (Å²) in [4.78, 5) is 32.0. The number of pyridine rings is 1. The number of carbonyl (C=O) groups excluding carboxylic acids is 2. The molecule has 1 saturated heterocycles. The van der Waals surface area contributed by atoms with E-state index in [0.29, 0.717) is 22.6 Å². The molecule has 0 spiro atoms. The lowest BCUT2D eigenvalue weighted by molar-refractivity contribution is -0.140. The Morgan fingerprint density at radius 3 is 2.56 bits per heavy atom. The molecule has 2 heterocycles. The monoisotopic (exact) mass is 492 g/mol. The first kappa shape index (κ1) is 21.8. The van der Waals surface area contributed by atoms with Crippen molar-refractivity contribution >= 4 is 33.4 Å². The molecule has 1 aliphatic rings. The number of aliphatic hydroxyl groups is 1. The number of aliphatic hydroxyl groups excluding tert-OH is 1. The lowest BCUT2D eigenvalue weighted by atomic mass is 9.94. The van der Waals surface area contributed by atoms with Crippen LogP contribution >= 0.6 is 15.9 Å². The SMILES string of the molecule is COc1ccccc1C1/C(=C(\O)c2ccc(Br)c(C)c2)C(=O)C(=O)N1Cc1ccccn1. The maximum absolute atomic E-state index is 13.2. The minimum atomic E-state index is -0.822. The fourth-order valence-electron chi connectivity index (χ4n) is 3.87. The number of benzene rings is 2. The summed E-state index contributed by atoms with van der Waals surface area (Å²) in [6.45, 7) is 2.00. The van der Waals surface area contributed by atoms with E-state index in [-0.39, 0.29) is 17.9 Å². The number of para-hydroxylation sites is 1. The molecule has 0 bridgehead atoms. The van der Waals surface area contributed by atoms with Crippen molar-refractivity contribution in [3.8, 4) is 5.75 Å². The highest BCUT2D eigenvalue weighted by Gasteiger charge is 2.47. The van der Waals surface area contributed by atoms with Crippen LogP contribution in [0.25, 0.3) is 5.76 Å². The molecule has 3 aromatic rings. The summed E-state index contributed by atoms with van der Waals surface area (Å²) in [6.07, 6.45) is 1.63. The summed E-state index contributed by atoms with van der Waals surface area (Å²) in [7, 11) is 1.53. The zero-order valence-electron chi connectivity index (χ0n) is 17.6. The van der Waals surface area contributed by atoms with Crippen molar-refractivity contribution in [2.45, 2.75) is 19.5 Å². The van der Waals surface area contributed by atoms with E-state index in [1.54, 1.807) is 48.7 Å². The average Bonchev–Trinajstić information content (AvgIpc) is 3.05. The number of amides is 1. The Kier molecular flexibility index (Phi) is 6.10. The number of likely N-dealkylation sites (tertiary alicyclic amines) is 1. The molecule has 1 aliphatic heterocycles. The van der Waals surface area contributed by atoms with Crippen LogP contribution in [0, 0.1) is 6.92 Å². The van der Waals surface area contributed by atoms with Crippen LogP contribution in [0.2, 0.25) is 0 Å². The number of hydrogen-bond donors (Lipinski definition) is 1. The molecular weight excluding hydrogens is 472 g/mol.